The van der Waals surface area contributed by atoms with Gasteiger partial charge in [-0.15, -0.1) is 0 Å². The van der Waals surface area contributed by atoms with Crippen molar-refractivity contribution in [2.24, 2.45) is 0 Å². The highest BCUT2D eigenvalue weighted by atomic mass is 16.5. The van der Waals surface area contributed by atoms with E-state index in [2.05, 4.69) is 6.92 Å². The summed E-state index contributed by atoms with van der Waals surface area (Å²) in [4.78, 5) is 24.6. The highest BCUT2D eigenvalue weighted by Gasteiger charge is 2.27. The number of aliphatic hydroxyl groups excluding tert-OH is 1. The molecule has 1 rings (SSSR count). The molecule has 1 amide bonds. The molecule has 0 aliphatic carbocycles. The van der Waals surface area contributed by atoms with Crippen molar-refractivity contribution >= 4 is 11.9 Å². The molecule has 6 heteroatoms. The number of amides is 1. The highest BCUT2D eigenvalue weighted by Crippen LogP contribution is 2.23. The van der Waals surface area contributed by atoms with Crippen LogP contribution in [0, 0.1) is 0 Å². The predicted octanol–water partition coefficient (Wildman–Crippen LogP) is 2.97. The van der Waals surface area contributed by atoms with E-state index in [-0.39, 0.29) is 24.7 Å². The van der Waals surface area contributed by atoms with Crippen LogP contribution < -0.4 is 0 Å². The molecule has 0 bridgehead atoms. The molecule has 0 aromatic heterocycles. The normalized spacial score (nSPS) is 19.2. The summed E-state index contributed by atoms with van der Waals surface area (Å²) in [6.07, 6.45) is 9.77. The quantitative estimate of drug-likeness (QED) is 0.467. The fourth-order valence-electron chi connectivity index (χ4n) is 3.40. The van der Waals surface area contributed by atoms with Gasteiger partial charge >= 0.3 is 5.97 Å². The number of likely N-dealkylation sites (tertiary alicyclic amines) is 1. The minimum atomic E-state index is -0.955. The van der Waals surface area contributed by atoms with Gasteiger partial charge in [0.15, 0.2) is 0 Å². The van der Waals surface area contributed by atoms with Crippen molar-refractivity contribution in [1.82, 2.24) is 4.90 Å². The molecule has 0 aromatic carbocycles. The van der Waals surface area contributed by atoms with Crippen molar-refractivity contribution in [2.45, 2.75) is 89.7 Å². The number of rotatable bonds is 14. The van der Waals surface area contributed by atoms with E-state index in [0.29, 0.717) is 19.6 Å². The Balaban J connectivity index is 2.27. The number of ether oxygens (including phenoxy) is 1. The third-order valence-electron chi connectivity index (χ3n) is 4.83. The topological polar surface area (TPSA) is 87.1 Å². The Morgan fingerprint density at radius 2 is 2.08 bits per heavy atom. The average molecular weight is 357 g/mol. The predicted molar refractivity (Wildman–Crippen MR) is 96.4 cm³/mol. The van der Waals surface area contributed by atoms with Crippen LogP contribution in [0.1, 0.15) is 77.6 Å². The molecule has 0 radical (unpaired) electrons. The first kappa shape index (κ1) is 21.9. The molecule has 1 unspecified atom stereocenters. The first-order valence-electron chi connectivity index (χ1n) is 9.81. The molecule has 1 fully saturated rings. The molecule has 1 heterocycles. The number of unbranched alkanes of at least 4 members (excludes halogenated alkanes) is 3. The lowest BCUT2D eigenvalue weighted by atomic mass is 9.94. The molecule has 1 saturated heterocycles. The Kier molecular flexibility index (Phi) is 11.5. The lowest BCUT2D eigenvalue weighted by molar-refractivity contribution is -0.142. The van der Waals surface area contributed by atoms with Crippen LogP contribution in [0.25, 0.3) is 0 Å². The molecule has 0 aromatic rings. The molecule has 0 spiro atoms. The van der Waals surface area contributed by atoms with E-state index < -0.39 is 5.97 Å². The van der Waals surface area contributed by atoms with Gasteiger partial charge in [-0.3, -0.25) is 4.79 Å². The molecule has 25 heavy (non-hydrogen) atoms. The summed E-state index contributed by atoms with van der Waals surface area (Å²) in [5, 5.41) is 18.6. The van der Waals surface area contributed by atoms with Gasteiger partial charge in [-0.2, -0.15) is 0 Å². The van der Waals surface area contributed by atoms with Gasteiger partial charge in [0.1, 0.15) is 6.61 Å². The third-order valence-corrected chi connectivity index (χ3v) is 4.83. The average Bonchev–Trinajstić information content (AvgIpc) is 2.57. The zero-order valence-corrected chi connectivity index (χ0v) is 15.6. The van der Waals surface area contributed by atoms with Gasteiger partial charge in [0.2, 0.25) is 5.91 Å². The van der Waals surface area contributed by atoms with Crippen molar-refractivity contribution < 1.29 is 24.5 Å². The minimum Gasteiger partial charge on any atom is -0.480 e. The number of hydrogen-bond donors (Lipinski definition) is 2. The van der Waals surface area contributed by atoms with Crippen molar-refractivity contribution in [3.8, 4) is 0 Å². The number of aliphatic carboxylic acids is 1. The van der Waals surface area contributed by atoms with Gasteiger partial charge in [-0.1, -0.05) is 26.2 Å². The molecule has 146 valence electrons. The lowest BCUT2D eigenvalue weighted by Crippen LogP contribution is -2.44. The Hall–Kier alpha value is -1.14. The summed E-state index contributed by atoms with van der Waals surface area (Å²) in [7, 11) is 0. The second kappa shape index (κ2) is 13.1. The van der Waals surface area contributed by atoms with Crippen LogP contribution in [0.15, 0.2) is 0 Å². The van der Waals surface area contributed by atoms with Crippen LogP contribution in [0.4, 0.5) is 0 Å². The summed E-state index contributed by atoms with van der Waals surface area (Å²) in [6.45, 7) is 3.01. The molecular formula is C19H35NO5. The summed E-state index contributed by atoms with van der Waals surface area (Å²) >= 11 is 0. The zero-order valence-electron chi connectivity index (χ0n) is 15.6. The maximum Gasteiger partial charge on any atom is 0.329 e. The van der Waals surface area contributed by atoms with Gasteiger partial charge in [0, 0.05) is 25.6 Å². The maximum absolute atomic E-state index is 12.2. The fraction of sp³-hybridized carbons (Fsp3) is 0.895. The number of piperidine rings is 1. The molecule has 2 atom stereocenters. The van der Waals surface area contributed by atoms with Crippen molar-refractivity contribution in [2.75, 3.05) is 19.8 Å². The first-order valence-corrected chi connectivity index (χ1v) is 9.81. The van der Waals surface area contributed by atoms with Gasteiger partial charge < -0.3 is 19.8 Å². The maximum atomic E-state index is 12.2. The van der Waals surface area contributed by atoms with Crippen LogP contribution >= 0.6 is 0 Å². The molecular weight excluding hydrogens is 322 g/mol. The number of carboxylic acids is 1. The SMILES string of the molecule is CCCCCC(O)CC[C@H]1CCCC(=O)N1CCCCOCC(=O)O. The third kappa shape index (κ3) is 9.80. The number of carboxylic acid groups (broad SMARTS) is 1. The summed E-state index contributed by atoms with van der Waals surface area (Å²) in [5.41, 5.74) is 0. The summed E-state index contributed by atoms with van der Waals surface area (Å²) in [5.74, 6) is -0.744. The Morgan fingerprint density at radius 3 is 2.80 bits per heavy atom. The fourth-order valence-corrected chi connectivity index (χ4v) is 3.40. The standard InChI is InChI=1S/C19H35NO5/c1-2-3-4-9-17(21)12-11-16-8-7-10-18(22)20(16)13-5-6-14-25-15-19(23)24/h16-17,21H,2-15H2,1H3,(H,23,24)/t16-,17?/m1/s1. The number of carbonyl (C=O) groups excluding carboxylic acids is 1. The highest BCUT2D eigenvalue weighted by molar-refractivity contribution is 5.77. The molecule has 2 N–H and O–H groups in total. The van der Waals surface area contributed by atoms with E-state index in [4.69, 9.17) is 9.84 Å². The molecule has 0 saturated carbocycles. The van der Waals surface area contributed by atoms with Crippen LogP contribution in [-0.2, 0) is 14.3 Å². The summed E-state index contributed by atoms with van der Waals surface area (Å²) in [6, 6.07) is 0.238. The van der Waals surface area contributed by atoms with Gasteiger partial charge in [0.25, 0.3) is 0 Å². The first-order chi connectivity index (χ1) is 12.0. The second-order valence-corrected chi connectivity index (χ2v) is 7.01. The lowest BCUT2D eigenvalue weighted by Gasteiger charge is -2.36. The van der Waals surface area contributed by atoms with E-state index in [1.54, 1.807) is 0 Å². The molecule has 1 aliphatic rings. The molecule has 1 aliphatic heterocycles. The van der Waals surface area contributed by atoms with Crippen LogP contribution in [0.3, 0.4) is 0 Å². The van der Waals surface area contributed by atoms with Gasteiger partial charge in [-0.25, -0.2) is 4.79 Å². The Labute approximate surface area is 151 Å². The van der Waals surface area contributed by atoms with E-state index in [1.165, 1.54) is 0 Å². The van der Waals surface area contributed by atoms with Crippen LogP contribution in [0.5, 0.6) is 0 Å². The van der Waals surface area contributed by atoms with E-state index in [9.17, 15) is 14.7 Å². The largest absolute Gasteiger partial charge is 0.480 e. The smallest absolute Gasteiger partial charge is 0.329 e. The number of nitrogens with zero attached hydrogens (tertiary/aromatic N) is 1. The van der Waals surface area contributed by atoms with Crippen molar-refractivity contribution in [3.63, 3.8) is 0 Å². The number of aliphatic hydroxyl groups is 1. The monoisotopic (exact) mass is 357 g/mol. The van der Waals surface area contributed by atoms with Crippen LogP contribution in [0.2, 0.25) is 0 Å². The molecule has 6 nitrogen and oxygen atoms in total. The Morgan fingerprint density at radius 1 is 1.28 bits per heavy atom. The number of hydrogen-bond acceptors (Lipinski definition) is 4. The summed E-state index contributed by atoms with van der Waals surface area (Å²) < 4.78 is 5.03. The van der Waals surface area contributed by atoms with Gasteiger partial charge in [0.05, 0.1) is 6.10 Å². The van der Waals surface area contributed by atoms with E-state index in [0.717, 1.165) is 64.2 Å². The second-order valence-electron chi connectivity index (χ2n) is 7.01. The van der Waals surface area contributed by atoms with Crippen molar-refractivity contribution in [3.05, 3.63) is 0 Å². The van der Waals surface area contributed by atoms with E-state index >= 15 is 0 Å². The van der Waals surface area contributed by atoms with Gasteiger partial charge in [-0.05, 0) is 44.9 Å². The zero-order chi connectivity index (χ0) is 18.5. The van der Waals surface area contributed by atoms with Crippen LogP contribution in [-0.4, -0.2) is 58.9 Å². The number of carbonyl (C=O) groups is 2. The van der Waals surface area contributed by atoms with Crippen molar-refractivity contribution in [1.29, 1.82) is 0 Å². The Bertz CT molecular complexity index is 388. The minimum absolute atomic E-state index is 0.211. The van der Waals surface area contributed by atoms with E-state index in [1.807, 2.05) is 4.90 Å².